The maximum Gasteiger partial charge on any atom is 0.264 e. The minimum absolute atomic E-state index is 0.0988. The molecule has 4 rings (SSSR count). The van der Waals surface area contributed by atoms with Crippen LogP contribution in [0.25, 0.3) is 0 Å². The fourth-order valence-corrected chi connectivity index (χ4v) is 5.32. The number of carbonyl (C=O) groups excluding carboxylic acids is 1. The van der Waals surface area contributed by atoms with Gasteiger partial charge in [-0.2, -0.15) is 5.10 Å². The lowest BCUT2D eigenvalue weighted by Crippen LogP contribution is -2.40. The number of para-hydroxylation sites is 1. The molecule has 8 heteroatoms. The molecule has 0 spiro atoms. The number of sulfonamides is 1. The SMILES string of the molecule is Cc1cccc(N(CC(=O)N/N=C\c2ccccc2OCc2ccccc2)S(=O)(=O)c2ccccc2)c1C. The second-order valence-corrected chi connectivity index (χ2v) is 10.5. The lowest BCUT2D eigenvalue weighted by Gasteiger charge is -2.26. The number of aryl methyl sites for hydroxylation is 1. The van der Waals surface area contributed by atoms with Crippen LogP contribution in [0, 0.1) is 13.8 Å². The van der Waals surface area contributed by atoms with Crippen molar-refractivity contribution in [3.05, 3.63) is 125 Å². The number of rotatable bonds is 10. The van der Waals surface area contributed by atoms with E-state index in [1.807, 2.05) is 74.5 Å². The van der Waals surface area contributed by atoms with E-state index < -0.39 is 22.5 Å². The largest absolute Gasteiger partial charge is 0.488 e. The third-order valence-electron chi connectivity index (χ3n) is 6.01. The van der Waals surface area contributed by atoms with Crippen molar-refractivity contribution >= 4 is 27.8 Å². The molecular weight excluding hydrogens is 498 g/mol. The molecule has 0 saturated carbocycles. The number of nitrogens with one attached hydrogen (secondary N) is 1. The van der Waals surface area contributed by atoms with Crippen molar-refractivity contribution in [1.29, 1.82) is 0 Å². The molecule has 0 bridgehead atoms. The quantitative estimate of drug-likeness (QED) is 0.226. The van der Waals surface area contributed by atoms with Gasteiger partial charge in [0, 0.05) is 5.56 Å². The molecule has 0 aliphatic heterocycles. The van der Waals surface area contributed by atoms with Crippen molar-refractivity contribution in [2.24, 2.45) is 5.10 Å². The summed E-state index contributed by atoms with van der Waals surface area (Å²) in [7, 11) is -4.01. The number of amides is 1. The summed E-state index contributed by atoms with van der Waals surface area (Å²) in [5.41, 5.74) is 6.29. The van der Waals surface area contributed by atoms with Gasteiger partial charge in [0.15, 0.2) is 0 Å². The third-order valence-corrected chi connectivity index (χ3v) is 7.79. The Morgan fingerprint density at radius 3 is 2.26 bits per heavy atom. The zero-order valence-corrected chi connectivity index (χ0v) is 22.1. The molecule has 38 heavy (non-hydrogen) atoms. The predicted molar refractivity (Wildman–Crippen MR) is 150 cm³/mol. The van der Waals surface area contributed by atoms with E-state index in [0.717, 1.165) is 21.0 Å². The summed E-state index contributed by atoms with van der Waals surface area (Å²) in [5, 5.41) is 4.07. The fraction of sp³-hybridized carbons (Fsp3) is 0.133. The zero-order chi connectivity index (χ0) is 27.0. The molecule has 0 atom stereocenters. The second-order valence-electron chi connectivity index (χ2n) is 8.65. The minimum atomic E-state index is -4.01. The number of anilines is 1. The second kappa shape index (κ2) is 12.2. The fourth-order valence-electron chi connectivity index (χ4n) is 3.82. The first kappa shape index (κ1) is 26.6. The first-order valence-electron chi connectivity index (χ1n) is 12.1. The summed E-state index contributed by atoms with van der Waals surface area (Å²) in [4.78, 5) is 13.0. The van der Waals surface area contributed by atoms with Crippen molar-refractivity contribution < 1.29 is 17.9 Å². The zero-order valence-electron chi connectivity index (χ0n) is 21.2. The smallest absolute Gasteiger partial charge is 0.264 e. The lowest BCUT2D eigenvalue weighted by molar-refractivity contribution is -0.119. The molecule has 0 radical (unpaired) electrons. The Labute approximate surface area is 223 Å². The molecule has 4 aromatic rings. The van der Waals surface area contributed by atoms with E-state index in [-0.39, 0.29) is 4.90 Å². The van der Waals surface area contributed by atoms with Crippen molar-refractivity contribution in [3.8, 4) is 5.75 Å². The maximum atomic E-state index is 13.6. The molecule has 7 nitrogen and oxygen atoms in total. The first-order valence-corrected chi connectivity index (χ1v) is 13.5. The Kier molecular flexibility index (Phi) is 8.55. The Morgan fingerprint density at radius 1 is 0.868 bits per heavy atom. The Hall–Kier alpha value is -4.43. The molecule has 0 aromatic heterocycles. The summed E-state index contributed by atoms with van der Waals surface area (Å²) in [6, 6.07) is 30.5. The third kappa shape index (κ3) is 6.46. The van der Waals surface area contributed by atoms with E-state index in [9.17, 15) is 13.2 Å². The summed E-state index contributed by atoms with van der Waals surface area (Å²) >= 11 is 0. The van der Waals surface area contributed by atoms with Gasteiger partial charge in [0.2, 0.25) is 0 Å². The van der Waals surface area contributed by atoms with Gasteiger partial charge in [-0.25, -0.2) is 13.8 Å². The van der Waals surface area contributed by atoms with Gasteiger partial charge in [0.25, 0.3) is 15.9 Å². The van der Waals surface area contributed by atoms with E-state index in [1.54, 1.807) is 30.3 Å². The number of hydrazone groups is 1. The van der Waals surface area contributed by atoms with E-state index in [1.165, 1.54) is 18.3 Å². The van der Waals surface area contributed by atoms with Crippen molar-refractivity contribution in [2.45, 2.75) is 25.3 Å². The van der Waals surface area contributed by atoms with E-state index in [4.69, 9.17) is 4.74 Å². The average Bonchev–Trinajstić information content (AvgIpc) is 2.94. The Balaban J connectivity index is 1.51. The number of ether oxygens (including phenoxy) is 1. The van der Waals surface area contributed by atoms with E-state index in [0.29, 0.717) is 23.6 Å². The maximum absolute atomic E-state index is 13.6. The molecule has 1 N–H and O–H groups in total. The molecular formula is C30H29N3O4S. The highest BCUT2D eigenvalue weighted by molar-refractivity contribution is 7.92. The molecule has 0 unspecified atom stereocenters. The number of carbonyl (C=O) groups is 1. The highest BCUT2D eigenvalue weighted by Gasteiger charge is 2.28. The van der Waals surface area contributed by atoms with Crippen LogP contribution in [0.5, 0.6) is 5.75 Å². The number of hydrogen-bond acceptors (Lipinski definition) is 5. The van der Waals surface area contributed by atoms with Crippen LogP contribution < -0.4 is 14.5 Å². The standard InChI is InChI=1S/C30H29N3O4S/c1-23-12-11-18-28(24(23)2)33(38(35,36)27-16-7-4-8-17-27)21-30(34)32-31-20-26-15-9-10-19-29(26)37-22-25-13-5-3-6-14-25/h3-20H,21-22H2,1-2H3,(H,32,34)/b31-20-. The number of benzene rings is 4. The summed E-state index contributed by atoms with van der Waals surface area (Å²) in [6.07, 6.45) is 1.48. The molecule has 0 fully saturated rings. The van der Waals surface area contributed by atoms with Crippen molar-refractivity contribution in [1.82, 2.24) is 5.43 Å². The van der Waals surface area contributed by atoms with Gasteiger partial charge < -0.3 is 4.74 Å². The normalized spacial score (nSPS) is 11.3. The predicted octanol–water partition coefficient (Wildman–Crippen LogP) is 5.23. The molecule has 0 saturated heterocycles. The van der Waals surface area contributed by atoms with Crippen LogP contribution in [0.1, 0.15) is 22.3 Å². The van der Waals surface area contributed by atoms with Gasteiger partial charge in [-0.05, 0) is 60.9 Å². The molecule has 0 heterocycles. The Morgan fingerprint density at radius 2 is 1.53 bits per heavy atom. The van der Waals surface area contributed by atoms with Crippen LogP contribution in [0.4, 0.5) is 5.69 Å². The lowest BCUT2D eigenvalue weighted by atomic mass is 10.1. The first-order chi connectivity index (χ1) is 18.4. The minimum Gasteiger partial charge on any atom is -0.488 e. The topological polar surface area (TPSA) is 88.1 Å². The van der Waals surface area contributed by atoms with Crippen LogP contribution in [0.3, 0.4) is 0 Å². The van der Waals surface area contributed by atoms with Crippen molar-refractivity contribution in [3.63, 3.8) is 0 Å². The highest BCUT2D eigenvalue weighted by Crippen LogP contribution is 2.28. The number of hydrogen-bond donors (Lipinski definition) is 1. The van der Waals surface area contributed by atoms with Crippen molar-refractivity contribution in [2.75, 3.05) is 10.8 Å². The van der Waals surface area contributed by atoms with E-state index >= 15 is 0 Å². The van der Waals surface area contributed by atoms with Crippen LogP contribution in [0.2, 0.25) is 0 Å². The molecule has 4 aromatic carbocycles. The summed E-state index contributed by atoms with van der Waals surface area (Å²) in [5.74, 6) is 0.0300. The van der Waals surface area contributed by atoms with Gasteiger partial charge in [-0.3, -0.25) is 9.10 Å². The highest BCUT2D eigenvalue weighted by atomic mass is 32.2. The summed E-state index contributed by atoms with van der Waals surface area (Å²) < 4.78 is 34.2. The van der Waals surface area contributed by atoms with Gasteiger partial charge in [0.1, 0.15) is 18.9 Å². The number of nitrogens with zero attached hydrogens (tertiary/aromatic N) is 2. The van der Waals surface area contributed by atoms with Crippen LogP contribution in [-0.4, -0.2) is 27.1 Å². The van der Waals surface area contributed by atoms with Gasteiger partial charge in [-0.1, -0.05) is 72.8 Å². The molecule has 194 valence electrons. The summed E-state index contributed by atoms with van der Waals surface area (Å²) in [6.45, 7) is 3.68. The molecule has 0 aliphatic rings. The van der Waals surface area contributed by atoms with Crippen LogP contribution in [0.15, 0.2) is 113 Å². The monoisotopic (exact) mass is 527 g/mol. The van der Waals surface area contributed by atoms with E-state index in [2.05, 4.69) is 10.5 Å². The Bertz CT molecular complexity index is 1520. The molecule has 0 aliphatic carbocycles. The molecule has 1 amide bonds. The van der Waals surface area contributed by atoms with Crippen LogP contribution >= 0.6 is 0 Å². The van der Waals surface area contributed by atoms with Gasteiger partial charge in [-0.15, -0.1) is 0 Å². The van der Waals surface area contributed by atoms with Gasteiger partial charge >= 0.3 is 0 Å². The van der Waals surface area contributed by atoms with Crippen LogP contribution in [-0.2, 0) is 21.4 Å². The van der Waals surface area contributed by atoms with Gasteiger partial charge in [0.05, 0.1) is 16.8 Å². The average molecular weight is 528 g/mol.